The van der Waals surface area contributed by atoms with E-state index in [0.29, 0.717) is 11.4 Å². The van der Waals surface area contributed by atoms with E-state index in [2.05, 4.69) is 10.1 Å². The highest BCUT2D eigenvalue weighted by molar-refractivity contribution is 5.62. The van der Waals surface area contributed by atoms with E-state index in [-0.39, 0.29) is 11.6 Å². The van der Waals surface area contributed by atoms with E-state index in [4.69, 9.17) is 10.3 Å². The highest BCUT2D eigenvalue weighted by Crippen LogP contribution is 2.38. The molecule has 2 aromatic rings. The van der Waals surface area contributed by atoms with E-state index in [9.17, 15) is 10.1 Å². The average Bonchev–Trinajstić information content (AvgIpc) is 2.86. The Kier molecular flexibility index (Phi) is 2.79. The molecule has 1 heterocycles. The van der Waals surface area contributed by atoms with Crippen molar-refractivity contribution in [3.8, 4) is 11.5 Å². The minimum Gasteiger partial charge on any atom is -0.334 e. The fraction of sp³-hybridized carbons (Fsp3) is 0.385. The van der Waals surface area contributed by atoms with Crippen LogP contribution in [0.2, 0.25) is 0 Å². The first-order valence-corrected chi connectivity index (χ1v) is 6.38. The van der Waals surface area contributed by atoms with Gasteiger partial charge in [0.15, 0.2) is 5.82 Å². The number of nitrogens with zero attached hydrogens (tertiary/aromatic N) is 3. The third-order valence-corrected chi connectivity index (χ3v) is 3.78. The zero-order chi connectivity index (χ0) is 14.3. The first-order valence-electron chi connectivity index (χ1n) is 6.38. The van der Waals surface area contributed by atoms with Crippen molar-refractivity contribution in [2.24, 2.45) is 5.73 Å². The molecule has 0 saturated heterocycles. The Bertz CT molecular complexity index is 676. The lowest BCUT2D eigenvalue weighted by Gasteiger charge is -2.34. The Balaban J connectivity index is 2.01. The van der Waals surface area contributed by atoms with Gasteiger partial charge in [-0.25, -0.2) is 0 Å². The minimum absolute atomic E-state index is 0.00328. The second kappa shape index (κ2) is 4.38. The van der Waals surface area contributed by atoms with Crippen molar-refractivity contribution < 1.29 is 9.45 Å². The second-order valence-electron chi connectivity index (χ2n) is 5.19. The molecule has 0 spiro atoms. The molecule has 1 aliphatic carbocycles. The van der Waals surface area contributed by atoms with Crippen LogP contribution in [0.25, 0.3) is 11.5 Å². The van der Waals surface area contributed by atoms with Gasteiger partial charge in [0.25, 0.3) is 11.6 Å². The van der Waals surface area contributed by atoms with Gasteiger partial charge in [0, 0.05) is 17.7 Å². The van der Waals surface area contributed by atoms with E-state index in [1.807, 2.05) is 6.92 Å². The molecule has 7 heteroatoms. The van der Waals surface area contributed by atoms with Gasteiger partial charge < -0.3 is 10.3 Å². The van der Waals surface area contributed by atoms with Crippen LogP contribution in [0.5, 0.6) is 0 Å². The number of rotatable bonds is 3. The van der Waals surface area contributed by atoms with Crippen LogP contribution >= 0.6 is 0 Å². The number of hydrogen-bond acceptors (Lipinski definition) is 6. The van der Waals surface area contributed by atoms with Gasteiger partial charge in [0.2, 0.25) is 0 Å². The summed E-state index contributed by atoms with van der Waals surface area (Å²) in [6, 6.07) is 4.56. The fourth-order valence-corrected chi connectivity index (χ4v) is 2.27. The Hall–Kier alpha value is -2.28. The number of benzene rings is 1. The van der Waals surface area contributed by atoms with Crippen LogP contribution in [-0.4, -0.2) is 15.1 Å². The molecule has 1 aromatic carbocycles. The van der Waals surface area contributed by atoms with Crippen LogP contribution in [0, 0.1) is 17.0 Å². The molecule has 3 rings (SSSR count). The van der Waals surface area contributed by atoms with Crippen LogP contribution in [0.15, 0.2) is 22.7 Å². The van der Waals surface area contributed by atoms with Crippen molar-refractivity contribution in [2.75, 3.05) is 0 Å². The van der Waals surface area contributed by atoms with Gasteiger partial charge in [0.05, 0.1) is 10.5 Å². The topological polar surface area (TPSA) is 108 Å². The monoisotopic (exact) mass is 274 g/mol. The molecule has 0 bridgehead atoms. The summed E-state index contributed by atoms with van der Waals surface area (Å²) in [5.74, 6) is 0.752. The Morgan fingerprint density at radius 1 is 1.45 bits per heavy atom. The first kappa shape index (κ1) is 12.7. The summed E-state index contributed by atoms with van der Waals surface area (Å²) in [4.78, 5) is 14.7. The maximum Gasteiger partial charge on any atom is 0.270 e. The summed E-state index contributed by atoms with van der Waals surface area (Å²) < 4.78 is 5.22. The molecular weight excluding hydrogens is 260 g/mol. The summed E-state index contributed by atoms with van der Waals surface area (Å²) >= 11 is 0. The largest absolute Gasteiger partial charge is 0.334 e. The molecule has 1 fully saturated rings. The molecule has 1 aromatic heterocycles. The maximum absolute atomic E-state index is 10.8. The van der Waals surface area contributed by atoms with Gasteiger partial charge in [-0.15, -0.1) is 0 Å². The lowest BCUT2D eigenvalue weighted by atomic mass is 9.77. The molecule has 2 N–H and O–H groups in total. The molecule has 0 atom stereocenters. The molecule has 0 radical (unpaired) electrons. The quantitative estimate of drug-likeness (QED) is 0.679. The van der Waals surface area contributed by atoms with Gasteiger partial charge in [-0.3, -0.25) is 10.1 Å². The smallest absolute Gasteiger partial charge is 0.270 e. The van der Waals surface area contributed by atoms with Crippen LogP contribution in [-0.2, 0) is 5.54 Å². The molecule has 0 aliphatic heterocycles. The SMILES string of the molecule is Cc1ccc([N+](=O)[O-])cc1-c1nc(C2(N)CCC2)no1. The van der Waals surface area contributed by atoms with E-state index >= 15 is 0 Å². The van der Waals surface area contributed by atoms with Crippen molar-refractivity contribution >= 4 is 5.69 Å². The molecule has 104 valence electrons. The zero-order valence-corrected chi connectivity index (χ0v) is 11.0. The summed E-state index contributed by atoms with van der Waals surface area (Å²) in [7, 11) is 0. The van der Waals surface area contributed by atoms with E-state index in [1.54, 1.807) is 6.07 Å². The molecule has 0 amide bonds. The Morgan fingerprint density at radius 3 is 2.80 bits per heavy atom. The van der Waals surface area contributed by atoms with E-state index in [0.717, 1.165) is 24.8 Å². The number of aryl methyl sites for hydroxylation is 1. The van der Waals surface area contributed by atoms with Crippen molar-refractivity contribution in [1.29, 1.82) is 0 Å². The minimum atomic E-state index is -0.504. The average molecular weight is 274 g/mol. The van der Waals surface area contributed by atoms with E-state index in [1.165, 1.54) is 12.1 Å². The fourth-order valence-electron chi connectivity index (χ4n) is 2.27. The molecular formula is C13H14N4O3. The van der Waals surface area contributed by atoms with Crippen LogP contribution in [0.4, 0.5) is 5.69 Å². The number of nitro benzene ring substituents is 1. The lowest BCUT2D eigenvalue weighted by Crippen LogP contribution is -2.44. The second-order valence-corrected chi connectivity index (χ2v) is 5.19. The Morgan fingerprint density at radius 2 is 2.20 bits per heavy atom. The molecule has 7 nitrogen and oxygen atoms in total. The highest BCUT2D eigenvalue weighted by atomic mass is 16.6. The van der Waals surface area contributed by atoms with Crippen LogP contribution in [0.3, 0.4) is 0 Å². The summed E-state index contributed by atoms with van der Waals surface area (Å²) in [5, 5.41) is 14.8. The van der Waals surface area contributed by atoms with Crippen LogP contribution in [0.1, 0.15) is 30.7 Å². The maximum atomic E-state index is 10.8. The van der Waals surface area contributed by atoms with Gasteiger partial charge in [-0.1, -0.05) is 11.2 Å². The normalized spacial score (nSPS) is 16.7. The number of nitrogens with two attached hydrogens (primary N) is 1. The molecule has 20 heavy (non-hydrogen) atoms. The zero-order valence-electron chi connectivity index (χ0n) is 11.0. The molecule has 0 unspecified atom stereocenters. The first-order chi connectivity index (χ1) is 9.49. The third kappa shape index (κ3) is 1.96. The van der Waals surface area contributed by atoms with Crippen molar-refractivity contribution in [3.05, 3.63) is 39.7 Å². The van der Waals surface area contributed by atoms with Crippen molar-refractivity contribution in [1.82, 2.24) is 10.1 Å². The van der Waals surface area contributed by atoms with Crippen LogP contribution < -0.4 is 5.73 Å². The number of nitro groups is 1. The standard InChI is InChI=1S/C13H14N4O3/c1-8-3-4-9(17(18)19)7-10(8)11-15-12(16-20-11)13(14)5-2-6-13/h3-4,7H,2,5-6,14H2,1H3. The van der Waals surface area contributed by atoms with Gasteiger partial charge in [0.1, 0.15) is 0 Å². The highest BCUT2D eigenvalue weighted by Gasteiger charge is 2.39. The predicted molar refractivity (Wildman–Crippen MR) is 70.8 cm³/mol. The summed E-state index contributed by atoms with van der Waals surface area (Å²) in [5.41, 5.74) is 7.04. The number of aromatic nitrogens is 2. The van der Waals surface area contributed by atoms with Gasteiger partial charge >= 0.3 is 0 Å². The lowest BCUT2D eigenvalue weighted by molar-refractivity contribution is -0.384. The van der Waals surface area contributed by atoms with Crippen molar-refractivity contribution in [3.63, 3.8) is 0 Å². The predicted octanol–water partition coefficient (Wildman–Crippen LogP) is 2.29. The van der Waals surface area contributed by atoms with Crippen molar-refractivity contribution in [2.45, 2.75) is 31.7 Å². The molecule has 1 aliphatic rings. The summed E-state index contributed by atoms with van der Waals surface area (Å²) in [6.45, 7) is 1.84. The number of hydrogen-bond donors (Lipinski definition) is 1. The summed E-state index contributed by atoms with van der Waals surface area (Å²) in [6.07, 6.45) is 2.72. The van der Waals surface area contributed by atoms with Gasteiger partial charge in [-0.2, -0.15) is 4.98 Å². The number of non-ortho nitro benzene ring substituents is 1. The molecule has 1 saturated carbocycles. The van der Waals surface area contributed by atoms with Gasteiger partial charge in [-0.05, 0) is 31.7 Å². The Labute approximate surface area is 114 Å². The third-order valence-electron chi connectivity index (χ3n) is 3.78. The van der Waals surface area contributed by atoms with E-state index < -0.39 is 10.5 Å².